The fraction of sp³-hybridized carbons (Fsp3) is 0.296. The van der Waals surface area contributed by atoms with Crippen molar-refractivity contribution in [1.82, 2.24) is 23.6 Å². The Balaban J connectivity index is 1.06. The molecule has 0 spiro atoms. The van der Waals surface area contributed by atoms with Crippen LogP contribution in [0, 0.1) is 0 Å². The van der Waals surface area contributed by atoms with Crippen molar-refractivity contribution in [2.75, 3.05) is 39.3 Å². The lowest BCUT2D eigenvalue weighted by atomic mass is 10.0. The van der Waals surface area contributed by atoms with Gasteiger partial charge in [-0.1, -0.05) is 0 Å². The molecule has 2 aliphatic rings. The minimum absolute atomic E-state index is 0.0279. The van der Waals surface area contributed by atoms with Gasteiger partial charge >= 0.3 is 6.18 Å². The monoisotopic (exact) mass is 539 g/mol. The van der Waals surface area contributed by atoms with E-state index in [2.05, 4.69) is 9.27 Å². The predicted molar refractivity (Wildman–Crippen MR) is 138 cm³/mol. The van der Waals surface area contributed by atoms with Crippen LogP contribution in [0.5, 0.6) is 0 Å². The summed E-state index contributed by atoms with van der Waals surface area (Å²) < 4.78 is 44.5. The second-order valence-corrected chi connectivity index (χ2v) is 10.4. The number of piperazine rings is 1. The Labute approximate surface area is 220 Å². The van der Waals surface area contributed by atoms with Gasteiger partial charge in [0, 0.05) is 74.3 Å². The first kappa shape index (κ1) is 24.6. The molecule has 0 N–H and O–H groups in total. The van der Waals surface area contributed by atoms with Crippen LogP contribution in [0.2, 0.25) is 0 Å². The molecule has 0 saturated carbocycles. The summed E-state index contributed by atoms with van der Waals surface area (Å²) in [6.07, 6.45) is -0.945. The molecule has 4 heterocycles. The highest BCUT2D eigenvalue weighted by Gasteiger charge is 2.37. The lowest BCUT2D eigenvalue weighted by Gasteiger charge is -2.48. The van der Waals surface area contributed by atoms with Gasteiger partial charge in [-0.15, -0.1) is 0 Å². The van der Waals surface area contributed by atoms with E-state index in [1.54, 1.807) is 24.5 Å². The fourth-order valence-corrected chi connectivity index (χ4v) is 5.68. The SMILES string of the molecule is O=C(c1ccc2c(ccn2-c2ccc(C(F)(F)F)cc2)c1)N1CC(N2CCN(C(=O)c3ccns3)CC2)C1. The Hall–Kier alpha value is -3.70. The van der Waals surface area contributed by atoms with E-state index in [4.69, 9.17) is 0 Å². The third-order valence-corrected chi connectivity index (χ3v) is 8.06. The number of carbonyl (C=O) groups excluding carboxylic acids is 2. The Morgan fingerprint density at radius 1 is 0.868 bits per heavy atom. The highest BCUT2D eigenvalue weighted by atomic mass is 32.1. The van der Waals surface area contributed by atoms with Gasteiger partial charge in [0.1, 0.15) is 4.88 Å². The number of aromatic nitrogens is 2. The minimum atomic E-state index is -4.38. The van der Waals surface area contributed by atoms with Gasteiger partial charge in [-0.05, 0) is 66.1 Å². The maximum atomic E-state index is 13.1. The summed E-state index contributed by atoms with van der Waals surface area (Å²) in [6, 6.07) is 14.3. The largest absolute Gasteiger partial charge is 0.416 e. The first-order chi connectivity index (χ1) is 18.3. The van der Waals surface area contributed by atoms with Gasteiger partial charge in [0.05, 0.1) is 11.1 Å². The van der Waals surface area contributed by atoms with E-state index in [9.17, 15) is 22.8 Å². The Kier molecular flexibility index (Phi) is 6.19. The second-order valence-electron chi connectivity index (χ2n) is 9.57. The maximum absolute atomic E-state index is 13.1. The van der Waals surface area contributed by atoms with Crippen LogP contribution in [0.4, 0.5) is 13.2 Å². The summed E-state index contributed by atoms with van der Waals surface area (Å²) in [4.78, 5) is 32.3. The Morgan fingerprint density at radius 3 is 2.26 bits per heavy atom. The molecule has 2 aromatic heterocycles. The van der Waals surface area contributed by atoms with Crippen molar-refractivity contribution in [3.8, 4) is 5.69 Å². The summed E-state index contributed by atoms with van der Waals surface area (Å²) in [5.41, 5.74) is 1.32. The molecule has 38 heavy (non-hydrogen) atoms. The second kappa shape index (κ2) is 9.55. The Morgan fingerprint density at radius 2 is 1.61 bits per heavy atom. The number of fused-ring (bicyclic) bond motifs is 1. The summed E-state index contributed by atoms with van der Waals surface area (Å²) in [5, 5.41) is 0.842. The van der Waals surface area contributed by atoms with Crippen LogP contribution in [0.25, 0.3) is 16.6 Å². The lowest BCUT2D eigenvalue weighted by molar-refractivity contribution is -0.137. The van der Waals surface area contributed by atoms with E-state index >= 15 is 0 Å². The molecule has 4 aromatic rings. The first-order valence-corrected chi connectivity index (χ1v) is 13.1. The number of hydrogen-bond acceptors (Lipinski definition) is 5. The van der Waals surface area contributed by atoms with E-state index in [0.29, 0.717) is 42.3 Å². The number of alkyl halides is 3. The first-order valence-electron chi connectivity index (χ1n) is 12.3. The number of rotatable bonds is 4. The van der Waals surface area contributed by atoms with Crippen molar-refractivity contribution < 1.29 is 22.8 Å². The molecule has 0 unspecified atom stereocenters. The van der Waals surface area contributed by atoms with Crippen molar-refractivity contribution in [2.24, 2.45) is 0 Å². The van der Waals surface area contributed by atoms with Crippen molar-refractivity contribution >= 4 is 34.2 Å². The van der Waals surface area contributed by atoms with E-state index in [-0.39, 0.29) is 17.9 Å². The molecule has 7 nitrogen and oxygen atoms in total. The average molecular weight is 540 g/mol. The van der Waals surface area contributed by atoms with Gasteiger partial charge in [-0.3, -0.25) is 14.5 Å². The highest BCUT2D eigenvalue weighted by Crippen LogP contribution is 2.31. The molecule has 0 atom stereocenters. The minimum Gasteiger partial charge on any atom is -0.335 e. The molecule has 2 amide bonds. The molecule has 0 radical (unpaired) electrons. The molecule has 2 aromatic carbocycles. The van der Waals surface area contributed by atoms with Crippen LogP contribution in [0.15, 0.2) is 67.0 Å². The molecular weight excluding hydrogens is 515 g/mol. The predicted octanol–water partition coefficient (Wildman–Crippen LogP) is 4.39. The van der Waals surface area contributed by atoms with Crippen molar-refractivity contribution in [2.45, 2.75) is 12.2 Å². The maximum Gasteiger partial charge on any atom is 0.416 e. The Bertz CT molecular complexity index is 1470. The van der Waals surface area contributed by atoms with Crippen molar-refractivity contribution in [1.29, 1.82) is 0 Å². The molecule has 2 saturated heterocycles. The molecule has 6 rings (SSSR count). The third kappa shape index (κ3) is 4.56. The van der Waals surface area contributed by atoms with E-state index in [0.717, 1.165) is 36.1 Å². The normalized spacial score (nSPS) is 17.1. The zero-order chi connectivity index (χ0) is 26.4. The van der Waals surface area contributed by atoms with Crippen molar-refractivity contribution in [3.63, 3.8) is 0 Å². The summed E-state index contributed by atoms with van der Waals surface area (Å²) in [7, 11) is 0. The number of hydrogen-bond donors (Lipinski definition) is 0. The number of nitrogens with zero attached hydrogens (tertiary/aromatic N) is 5. The van der Waals surface area contributed by atoms with Gasteiger partial charge in [0.15, 0.2) is 0 Å². The number of amides is 2. The van der Waals surface area contributed by atoms with Gasteiger partial charge in [0.25, 0.3) is 11.8 Å². The summed E-state index contributed by atoms with van der Waals surface area (Å²) in [6.45, 7) is 4.17. The van der Waals surface area contributed by atoms with E-state index in [1.807, 2.05) is 32.6 Å². The average Bonchev–Trinajstić information content (AvgIpc) is 3.57. The molecule has 196 valence electrons. The van der Waals surface area contributed by atoms with Crippen LogP contribution in [-0.2, 0) is 6.18 Å². The quantitative estimate of drug-likeness (QED) is 0.386. The van der Waals surface area contributed by atoms with Crippen LogP contribution in [0.1, 0.15) is 25.6 Å². The van der Waals surface area contributed by atoms with Crippen LogP contribution < -0.4 is 0 Å². The van der Waals surface area contributed by atoms with Crippen LogP contribution >= 0.6 is 11.5 Å². The van der Waals surface area contributed by atoms with E-state index < -0.39 is 11.7 Å². The van der Waals surface area contributed by atoms with Gasteiger partial charge < -0.3 is 14.4 Å². The van der Waals surface area contributed by atoms with Crippen molar-refractivity contribution in [3.05, 3.63) is 83.0 Å². The third-order valence-electron chi connectivity index (χ3n) is 7.33. The summed E-state index contributed by atoms with van der Waals surface area (Å²) in [5.74, 6) is -0.00968. The van der Waals surface area contributed by atoms with Crippen LogP contribution in [0.3, 0.4) is 0 Å². The van der Waals surface area contributed by atoms with Crippen LogP contribution in [-0.4, -0.2) is 80.8 Å². The molecule has 0 bridgehead atoms. The molecule has 0 aliphatic carbocycles. The number of benzene rings is 2. The standard InChI is InChI=1S/C27H24F3N5O2S/c28-27(29,30)20-2-4-21(5-3-20)35-10-8-18-15-19(1-6-23(18)35)25(36)34-16-22(17-34)32-11-13-33(14-12-32)26(37)24-7-9-31-38-24/h1-10,15,22H,11-14,16-17H2. The fourth-order valence-electron chi connectivity index (χ4n) is 5.12. The topological polar surface area (TPSA) is 61.7 Å². The van der Waals surface area contributed by atoms with Gasteiger partial charge in [-0.2, -0.15) is 13.2 Å². The molecule has 2 aliphatic heterocycles. The van der Waals surface area contributed by atoms with E-state index in [1.165, 1.54) is 23.7 Å². The summed E-state index contributed by atoms with van der Waals surface area (Å²) >= 11 is 1.21. The lowest BCUT2D eigenvalue weighted by Crippen LogP contribution is -2.64. The smallest absolute Gasteiger partial charge is 0.335 e. The number of halogens is 3. The molecule has 11 heteroatoms. The van der Waals surface area contributed by atoms with Gasteiger partial charge in [0.2, 0.25) is 0 Å². The van der Waals surface area contributed by atoms with Gasteiger partial charge in [-0.25, -0.2) is 4.37 Å². The molecular formula is C27H24F3N5O2S. The number of likely N-dealkylation sites (tertiary alicyclic amines) is 1. The zero-order valence-corrected chi connectivity index (χ0v) is 21.1. The highest BCUT2D eigenvalue weighted by molar-refractivity contribution is 7.08. The zero-order valence-electron chi connectivity index (χ0n) is 20.3. The number of carbonyl (C=O) groups is 2. The molecule has 2 fully saturated rings.